The molecule has 0 spiro atoms. The number of alkyl halides is 3. The van der Waals surface area contributed by atoms with Crippen molar-refractivity contribution in [2.24, 2.45) is 0 Å². The Labute approximate surface area is 122 Å². The van der Waals surface area contributed by atoms with E-state index < -0.39 is 50.9 Å². The van der Waals surface area contributed by atoms with Crippen LogP contribution in [0.5, 0.6) is 0 Å². The molecule has 2 N–H and O–H groups in total. The molecular formula is C10H9ClF4N2O3S. The highest BCUT2D eigenvalue weighted by molar-refractivity contribution is 7.89. The molecule has 0 aliphatic heterocycles. The summed E-state index contributed by atoms with van der Waals surface area (Å²) in [6.45, 7) is -2.47. The highest BCUT2D eigenvalue weighted by Gasteiger charge is 2.28. The second kappa shape index (κ2) is 6.58. The summed E-state index contributed by atoms with van der Waals surface area (Å²) >= 11 is 5.41. The van der Waals surface area contributed by atoms with Crippen molar-refractivity contribution in [2.75, 3.05) is 13.1 Å². The van der Waals surface area contributed by atoms with Gasteiger partial charge in [-0.15, -0.1) is 0 Å². The second-order valence-corrected chi connectivity index (χ2v) is 5.97. The van der Waals surface area contributed by atoms with Crippen molar-refractivity contribution in [2.45, 2.75) is 11.1 Å². The van der Waals surface area contributed by atoms with Crippen LogP contribution < -0.4 is 10.0 Å². The molecule has 118 valence electrons. The number of halogens is 5. The Morgan fingerprint density at radius 1 is 1.29 bits per heavy atom. The molecule has 0 heterocycles. The summed E-state index contributed by atoms with van der Waals surface area (Å²) in [5.41, 5.74) is 0. The average Bonchev–Trinajstić information content (AvgIpc) is 2.36. The van der Waals surface area contributed by atoms with Gasteiger partial charge >= 0.3 is 6.18 Å². The number of hydrogen-bond acceptors (Lipinski definition) is 3. The van der Waals surface area contributed by atoms with E-state index in [1.165, 1.54) is 5.32 Å². The lowest BCUT2D eigenvalue weighted by Crippen LogP contribution is -2.40. The van der Waals surface area contributed by atoms with Gasteiger partial charge in [-0.3, -0.25) is 4.79 Å². The first-order valence-corrected chi connectivity index (χ1v) is 7.15. The molecule has 1 aromatic rings. The molecule has 5 nitrogen and oxygen atoms in total. The Bertz CT molecular complexity index is 634. The first-order chi connectivity index (χ1) is 9.51. The van der Waals surface area contributed by atoms with E-state index in [2.05, 4.69) is 0 Å². The van der Waals surface area contributed by atoms with Gasteiger partial charge in [-0.05, 0) is 18.2 Å². The minimum Gasteiger partial charge on any atom is -0.346 e. The minimum absolute atomic E-state index is 0.419. The Balaban J connectivity index is 2.65. The summed E-state index contributed by atoms with van der Waals surface area (Å²) in [4.78, 5) is 10.6. The quantitative estimate of drug-likeness (QED) is 0.791. The third-order valence-corrected chi connectivity index (χ3v) is 3.80. The summed E-state index contributed by atoms with van der Waals surface area (Å²) in [7, 11) is -4.19. The highest BCUT2D eigenvalue weighted by Crippen LogP contribution is 2.19. The Morgan fingerprint density at radius 3 is 2.43 bits per heavy atom. The van der Waals surface area contributed by atoms with Gasteiger partial charge in [0.2, 0.25) is 15.9 Å². The molecule has 0 bridgehead atoms. The number of carbonyl (C=O) groups is 1. The van der Waals surface area contributed by atoms with E-state index in [1.54, 1.807) is 4.72 Å². The van der Waals surface area contributed by atoms with Crippen molar-refractivity contribution in [3.63, 3.8) is 0 Å². The Hall–Kier alpha value is -1.39. The van der Waals surface area contributed by atoms with E-state index in [4.69, 9.17) is 11.6 Å². The summed E-state index contributed by atoms with van der Waals surface area (Å²) in [6.07, 6.45) is -4.60. The zero-order valence-corrected chi connectivity index (χ0v) is 11.7. The molecule has 0 fully saturated rings. The van der Waals surface area contributed by atoms with Crippen LogP contribution >= 0.6 is 11.6 Å². The zero-order valence-electron chi connectivity index (χ0n) is 10.2. The maximum absolute atomic E-state index is 12.9. The normalized spacial score (nSPS) is 12.2. The largest absolute Gasteiger partial charge is 0.405 e. The van der Waals surface area contributed by atoms with Gasteiger partial charge in [0.25, 0.3) is 0 Å². The smallest absolute Gasteiger partial charge is 0.346 e. The third kappa shape index (κ3) is 5.86. The fraction of sp³-hybridized carbons (Fsp3) is 0.300. The maximum atomic E-state index is 12.9. The lowest BCUT2D eigenvalue weighted by Gasteiger charge is -2.09. The maximum Gasteiger partial charge on any atom is 0.405 e. The van der Waals surface area contributed by atoms with E-state index in [-0.39, 0.29) is 0 Å². The van der Waals surface area contributed by atoms with Crippen molar-refractivity contribution in [3.05, 3.63) is 29.0 Å². The van der Waals surface area contributed by atoms with E-state index in [9.17, 15) is 30.8 Å². The number of rotatable bonds is 5. The second-order valence-electron chi connectivity index (χ2n) is 3.79. The topological polar surface area (TPSA) is 75.3 Å². The van der Waals surface area contributed by atoms with Gasteiger partial charge in [-0.1, -0.05) is 11.6 Å². The monoisotopic (exact) mass is 348 g/mol. The van der Waals surface area contributed by atoms with Crippen LogP contribution in [0.25, 0.3) is 0 Å². The number of benzene rings is 1. The van der Waals surface area contributed by atoms with Crippen LogP contribution in [0.3, 0.4) is 0 Å². The van der Waals surface area contributed by atoms with Crippen LogP contribution in [0.2, 0.25) is 5.02 Å². The first-order valence-electron chi connectivity index (χ1n) is 5.29. The van der Waals surface area contributed by atoms with Gasteiger partial charge in [-0.25, -0.2) is 17.5 Å². The van der Waals surface area contributed by atoms with E-state index >= 15 is 0 Å². The Morgan fingerprint density at radius 2 is 1.90 bits per heavy atom. The lowest BCUT2D eigenvalue weighted by atomic mass is 10.3. The lowest BCUT2D eigenvalue weighted by molar-refractivity contribution is -0.137. The Kier molecular flexibility index (Phi) is 5.54. The molecule has 11 heteroatoms. The summed E-state index contributed by atoms with van der Waals surface area (Å²) in [5, 5.41) is 1.05. The molecule has 21 heavy (non-hydrogen) atoms. The van der Waals surface area contributed by atoms with Gasteiger partial charge < -0.3 is 5.32 Å². The van der Waals surface area contributed by atoms with Crippen LogP contribution in [0.1, 0.15) is 0 Å². The van der Waals surface area contributed by atoms with Gasteiger partial charge in [0.1, 0.15) is 12.4 Å². The van der Waals surface area contributed by atoms with Crippen molar-refractivity contribution >= 4 is 27.5 Å². The number of nitrogens with one attached hydrogen (secondary N) is 2. The molecular weight excluding hydrogens is 340 g/mol. The van der Waals surface area contributed by atoms with Crippen molar-refractivity contribution in [1.29, 1.82) is 0 Å². The van der Waals surface area contributed by atoms with Crippen LogP contribution in [0.15, 0.2) is 23.1 Å². The molecule has 0 saturated carbocycles. The number of amides is 1. The molecule has 1 aromatic carbocycles. The zero-order chi connectivity index (χ0) is 16.3. The molecule has 1 rings (SSSR count). The van der Waals surface area contributed by atoms with Crippen molar-refractivity contribution < 1.29 is 30.8 Å². The molecule has 0 aliphatic rings. The van der Waals surface area contributed by atoms with E-state index in [0.717, 1.165) is 18.2 Å². The molecule has 0 unspecified atom stereocenters. The van der Waals surface area contributed by atoms with Crippen LogP contribution in [0.4, 0.5) is 17.6 Å². The first kappa shape index (κ1) is 17.7. The van der Waals surface area contributed by atoms with Crippen molar-refractivity contribution in [3.8, 4) is 0 Å². The standard InChI is InChI=1S/C10H9ClF4N2O3S/c11-7-3-6(1-2-8(7)12)21(19,20)17-4-9(18)16-5-10(13,14)15/h1-3,17H,4-5H2,(H,16,18). The fourth-order valence-corrected chi connectivity index (χ4v) is 2.40. The SMILES string of the molecule is O=C(CNS(=O)(=O)c1ccc(F)c(Cl)c1)NCC(F)(F)F. The van der Waals surface area contributed by atoms with Crippen LogP contribution in [-0.4, -0.2) is 33.6 Å². The molecule has 0 saturated heterocycles. The molecule has 0 radical (unpaired) electrons. The fourth-order valence-electron chi connectivity index (χ4n) is 1.15. The number of hydrogen-bond donors (Lipinski definition) is 2. The van der Waals surface area contributed by atoms with E-state index in [0.29, 0.717) is 0 Å². The molecule has 0 aliphatic carbocycles. The van der Waals surface area contributed by atoms with Gasteiger partial charge in [0.05, 0.1) is 16.5 Å². The summed E-state index contributed by atoms with van der Waals surface area (Å²) in [5.74, 6) is -2.00. The van der Waals surface area contributed by atoms with Crippen LogP contribution in [0, 0.1) is 5.82 Å². The third-order valence-electron chi connectivity index (χ3n) is 2.11. The molecule has 1 amide bonds. The van der Waals surface area contributed by atoms with Crippen LogP contribution in [-0.2, 0) is 14.8 Å². The molecule has 0 aromatic heterocycles. The van der Waals surface area contributed by atoms with Gasteiger partial charge in [0, 0.05) is 0 Å². The predicted octanol–water partition coefficient (Wildman–Crippen LogP) is 1.44. The average molecular weight is 349 g/mol. The predicted molar refractivity (Wildman–Crippen MR) is 65.7 cm³/mol. The highest BCUT2D eigenvalue weighted by atomic mass is 35.5. The number of carbonyl (C=O) groups excluding carboxylic acids is 1. The summed E-state index contributed by atoms with van der Waals surface area (Å²) in [6, 6.07) is 2.52. The van der Waals surface area contributed by atoms with Gasteiger partial charge in [0.15, 0.2) is 0 Å². The summed E-state index contributed by atoms with van der Waals surface area (Å²) < 4.78 is 73.6. The van der Waals surface area contributed by atoms with E-state index in [1.807, 2.05) is 0 Å². The minimum atomic E-state index is -4.60. The van der Waals surface area contributed by atoms with Crippen molar-refractivity contribution in [1.82, 2.24) is 10.0 Å². The molecule has 0 atom stereocenters. The number of sulfonamides is 1. The van der Waals surface area contributed by atoms with Gasteiger partial charge in [-0.2, -0.15) is 13.2 Å².